The van der Waals surface area contributed by atoms with Crippen molar-refractivity contribution in [3.8, 4) is 5.69 Å². The van der Waals surface area contributed by atoms with Crippen LogP contribution in [-0.2, 0) is 11.2 Å². The van der Waals surface area contributed by atoms with Crippen LogP contribution in [0.25, 0.3) is 5.69 Å². The molecule has 0 saturated carbocycles. The molecule has 0 spiro atoms. The van der Waals surface area contributed by atoms with Crippen LogP contribution in [0.15, 0.2) is 24.3 Å². The fourth-order valence-electron chi connectivity index (χ4n) is 2.25. The van der Waals surface area contributed by atoms with E-state index in [1.54, 1.807) is 6.92 Å². The highest BCUT2D eigenvalue weighted by Crippen LogP contribution is 2.20. The van der Waals surface area contributed by atoms with E-state index in [4.69, 9.17) is 11.6 Å². The Balaban J connectivity index is 2.20. The SMILES string of the molecule is Cc1nn(-c2ccc(Cl)cc2)c(C)c1CC(=O)NCC(C)O. The molecule has 0 aliphatic carbocycles. The first kappa shape index (κ1) is 16.5. The highest BCUT2D eigenvalue weighted by Gasteiger charge is 2.16. The predicted molar refractivity (Wildman–Crippen MR) is 86.4 cm³/mol. The number of hydrogen-bond acceptors (Lipinski definition) is 3. The van der Waals surface area contributed by atoms with E-state index >= 15 is 0 Å². The molecule has 0 bridgehead atoms. The number of carbonyl (C=O) groups is 1. The van der Waals surface area contributed by atoms with Gasteiger partial charge in [-0.1, -0.05) is 11.6 Å². The number of aliphatic hydroxyl groups is 1. The van der Waals surface area contributed by atoms with Crippen molar-refractivity contribution in [1.82, 2.24) is 15.1 Å². The van der Waals surface area contributed by atoms with Crippen molar-refractivity contribution < 1.29 is 9.90 Å². The molecule has 1 heterocycles. The zero-order valence-electron chi connectivity index (χ0n) is 12.9. The van der Waals surface area contributed by atoms with E-state index in [0.29, 0.717) is 5.02 Å². The topological polar surface area (TPSA) is 67.2 Å². The van der Waals surface area contributed by atoms with Crippen LogP contribution in [0, 0.1) is 13.8 Å². The predicted octanol–water partition coefficient (Wildman–Crippen LogP) is 2.18. The quantitative estimate of drug-likeness (QED) is 0.887. The highest BCUT2D eigenvalue weighted by molar-refractivity contribution is 6.30. The zero-order valence-corrected chi connectivity index (χ0v) is 13.7. The second-order valence-electron chi connectivity index (χ2n) is 5.37. The van der Waals surface area contributed by atoms with Crippen LogP contribution in [0.5, 0.6) is 0 Å². The third-order valence-corrected chi connectivity index (χ3v) is 3.70. The minimum absolute atomic E-state index is 0.122. The third kappa shape index (κ3) is 3.87. The molecule has 1 aromatic carbocycles. The van der Waals surface area contributed by atoms with Crippen molar-refractivity contribution in [3.63, 3.8) is 0 Å². The summed E-state index contributed by atoms with van der Waals surface area (Å²) in [7, 11) is 0. The number of nitrogens with one attached hydrogen (secondary N) is 1. The maximum atomic E-state index is 11.9. The van der Waals surface area contributed by atoms with Gasteiger partial charge in [-0.2, -0.15) is 5.10 Å². The Bertz CT molecular complexity index is 663. The van der Waals surface area contributed by atoms with E-state index in [2.05, 4.69) is 10.4 Å². The average molecular weight is 322 g/mol. The van der Waals surface area contributed by atoms with Crippen molar-refractivity contribution in [2.45, 2.75) is 33.3 Å². The molecule has 118 valence electrons. The highest BCUT2D eigenvalue weighted by atomic mass is 35.5. The number of carbonyl (C=O) groups excluding carboxylic acids is 1. The first-order valence-corrected chi connectivity index (χ1v) is 7.52. The van der Waals surface area contributed by atoms with Gasteiger partial charge in [0, 0.05) is 22.8 Å². The summed E-state index contributed by atoms with van der Waals surface area (Å²) >= 11 is 5.90. The summed E-state index contributed by atoms with van der Waals surface area (Å²) in [5.74, 6) is -0.122. The Morgan fingerprint density at radius 3 is 2.59 bits per heavy atom. The largest absolute Gasteiger partial charge is 0.392 e. The van der Waals surface area contributed by atoms with Crippen LogP contribution in [0.4, 0.5) is 0 Å². The number of benzene rings is 1. The molecule has 0 aliphatic rings. The number of amides is 1. The maximum Gasteiger partial charge on any atom is 0.224 e. The van der Waals surface area contributed by atoms with Gasteiger partial charge < -0.3 is 10.4 Å². The lowest BCUT2D eigenvalue weighted by atomic mass is 10.1. The van der Waals surface area contributed by atoms with E-state index < -0.39 is 6.10 Å². The second kappa shape index (κ2) is 6.94. The van der Waals surface area contributed by atoms with Gasteiger partial charge in [-0.25, -0.2) is 4.68 Å². The van der Waals surface area contributed by atoms with E-state index in [-0.39, 0.29) is 18.9 Å². The molecule has 0 fully saturated rings. The number of hydrogen-bond donors (Lipinski definition) is 2. The first-order valence-electron chi connectivity index (χ1n) is 7.14. The van der Waals surface area contributed by atoms with E-state index in [1.807, 2.05) is 42.8 Å². The summed E-state index contributed by atoms with van der Waals surface area (Å²) in [4.78, 5) is 11.9. The molecule has 1 amide bonds. The van der Waals surface area contributed by atoms with Gasteiger partial charge in [0.25, 0.3) is 0 Å². The van der Waals surface area contributed by atoms with E-state index in [0.717, 1.165) is 22.6 Å². The smallest absolute Gasteiger partial charge is 0.224 e. The Kier molecular flexibility index (Phi) is 5.21. The molecule has 1 aromatic heterocycles. The number of aromatic nitrogens is 2. The maximum absolute atomic E-state index is 11.9. The Hall–Kier alpha value is -1.85. The molecule has 1 atom stereocenters. The fraction of sp³-hybridized carbons (Fsp3) is 0.375. The zero-order chi connectivity index (χ0) is 16.3. The molecule has 0 radical (unpaired) electrons. The van der Waals surface area contributed by atoms with Gasteiger partial charge in [0.2, 0.25) is 5.91 Å². The molecule has 0 saturated heterocycles. The van der Waals surface area contributed by atoms with Gasteiger partial charge in [0.05, 0.1) is 23.9 Å². The monoisotopic (exact) mass is 321 g/mol. The van der Waals surface area contributed by atoms with Crippen LogP contribution in [-0.4, -0.2) is 33.4 Å². The van der Waals surface area contributed by atoms with Gasteiger partial charge >= 0.3 is 0 Å². The lowest BCUT2D eigenvalue weighted by Gasteiger charge is -2.08. The lowest BCUT2D eigenvalue weighted by Crippen LogP contribution is -2.31. The van der Waals surface area contributed by atoms with Gasteiger partial charge in [-0.3, -0.25) is 4.79 Å². The number of nitrogens with zero attached hydrogens (tertiary/aromatic N) is 2. The minimum Gasteiger partial charge on any atom is -0.392 e. The van der Waals surface area contributed by atoms with E-state index in [9.17, 15) is 9.90 Å². The van der Waals surface area contributed by atoms with Crippen LogP contribution in [0.2, 0.25) is 5.02 Å². The number of rotatable bonds is 5. The van der Waals surface area contributed by atoms with Crippen LogP contribution in [0.3, 0.4) is 0 Å². The molecule has 2 rings (SSSR count). The average Bonchev–Trinajstić information content (AvgIpc) is 2.74. The molecule has 6 heteroatoms. The standard InChI is InChI=1S/C16H20ClN3O2/c1-10(21)9-18-16(22)8-15-11(2)19-20(12(15)3)14-6-4-13(17)5-7-14/h4-7,10,21H,8-9H2,1-3H3,(H,18,22). The van der Waals surface area contributed by atoms with Crippen molar-refractivity contribution in [1.29, 1.82) is 0 Å². The third-order valence-electron chi connectivity index (χ3n) is 3.44. The molecular formula is C16H20ClN3O2. The Morgan fingerprint density at radius 1 is 1.36 bits per heavy atom. The van der Waals surface area contributed by atoms with Crippen molar-refractivity contribution in [2.75, 3.05) is 6.54 Å². The number of halogens is 1. The van der Waals surface area contributed by atoms with Gasteiger partial charge in [0.15, 0.2) is 0 Å². The summed E-state index contributed by atoms with van der Waals surface area (Å²) in [5.41, 5.74) is 3.55. The van der Waals surface area contributed by atoms with Crippen LogP contribution < -0.4 is 5.32 Å². The number of aryl methyl sites for hydroxylation is 1. The molecule has 5 nitrogen and oxygen atoms in total. The molecule has 1 unspecified atom stereocenters. The van der Waals surface area contributed by atoms with Gasteiger partial charge in [-0.05, 0) is 45.0 Å². The minimum atomic E-state index is -0.553. The molecule has 2 aromatic rings. The second-order valence-corrected chi connectivity index (χ2v) is 5.80. The van der Waals surface area contributed by atoms with Crippen LogP contribution in [0.1, 0.15) is 23.9 Å². The molecule has 2 N–H and O–H groups in total. The summed E-state index contributed by atoms with van der Waals surface area (Å²) in [5, 5.41) is 17.1. The summed E-state index contributed by atoms with van der Waals surface area (Å²) in [6, 6.07) is 7.39. The first-order chi connectivity index (χ1) is 10.4. The van der Waals surface area contributed by atoms with Crippen molar-refractivity contribution in [2.24, 2.45) is 0 Å². The normalized spacial score (nSPS) is 12.2. The summed E-state index contributed by atoms with van der Waals surface area (Å²) < 4.78 is 1.81. The molecular weight excluding hydrogens is 302 g/mol. The van der Waals surface area contributed by atoms with Gasteiger partial charge in [0.1, 0.15) is 0 Å². The molecule has 0 aliphatic heterocycles. The van der Waals surface area contributed by atoms with Gasteiger partial charge in [-0.15, -0.1) is 0 Å². The summed E-state index contributed by atoms with van der Waals surface area (Å²) in [6.07, 6.45) is -0.305. The fourth-order valence-corrected chi connectivity index (χ4v) is 2.38. The lowest BCUT2D eigenvalue weighted by molar-refractivity contribution is -0.120. The molecule has 22 heavy (non-hydrogen) atoms. The Labute approximate surface area is 134 Å². The van der Waals surface area contributed by atoms with Crippen LogP contribution >= 0.6 is 11.6 Å². The van der Waals surface area contributed by atoms with Crippen molar-refractivity contribution in [3.05, 3.63) is 46.2 Å². The van der Waals surface area contributed by atoms with Crippen molar-refractivity contribution >= 4 is 17.5 Å². The van der Waals surface area contributed by atoms with E-state index in [1.165, 1.54) is 0 Å². The summed E-state index contributed by atoms with van der Waals surface area (Å²) in [6.45, 7) is 5.71. The Morgan fingerprint density at radius 2 is 2.00 bits per heavy atom. The number of aliphatic hydroxyl groups excluding tert-OH is 1.